The molecule has 0 N–H and O–H groups in total. The molecule has 3 aliphatic rings. The Bertz CT molecular complexity index is 1150. The fraction of sp³-hybridized carbons (Fsp3) is 0.500. The first-order valence-electron chi connectivity index (χ1n) is 14.4. The lowest BCUT2D eigenvalue weighted by Gasteiger charge is -2.39. The summed E-state index contributed by atoms with van der Waals surface area (Å²) in [5, 5.41) is 0.679. The topological polar surface area (TPSA) is 43.9 Å². The summed E-state index contributed by atoms with van der Waals surface area (Å²) < 4.78 is 0. The van der Waals surface area contributed by atoms with Gasteiger partial charge in [0.05, 0.1) is 0 Å². The van der Waals surface area contributed by atoms with E-state index in [-0.39, 0.29) is 17.9 Å². The molecule has 2 amide bonds. The van der Waals surface area contributed by atoms with Crippen molar-refractivity contribution in [3.63, 3.8) is 0 Å². The molecule has 2 aromatic rings. The minimum absolute atomic E-state index is 0.0204. The molecular formula is C32H40ClN3O2. The van der Waals surface area contributed by atoms with Gasteiger partial charge in [0, 0.05) is 55.1 Å². The van der Waals surface area contributed by atoms with Crippen molar-refractivity contribution in [3.8, 4) is 0 Å². The summed E-state index contributed by atoms with van der Waals surface area (Å²) >= 11 is 6.03. The van der Waals surface area contributed by atoms with Crippen LogP contribution in [0.4, 0.5) is 11.4 Å². The largest absolute Gasteiger partial charge is 0.312 e. The van der Waals surface area contributed by atoms with Gasteiger partial charge in [-0.05, 0) is 79.6 Å². The third kappa shape index (κ3) is 6.50. The number of hydrogen-bond donors (Lipinski definition) is 0. The van der Waals surface area contributed by atoms with Gasteiger partial charge in [-0.1, -0.05) is 61.9 Å². The number of anilines is 2. The van der Waals surface area contributed by atoms with E-state index < -0.39 is 0 Å². The van der Waals surface area contributed by atoms with Gasteiger partial charge in [0.25, 0.3) is 5.91 Å². The summed E-state index contributed by atoms with van der Waals surface area (Å²) in [6.45, 7) is 5.54. The molecule has 1 saturated carbocycles. The van der Waals surface area contributed by atoms with Crippen molar-refractivity contribution in [2.75, 3.05) is 36.0 Å². The van der Waals surface area contributed by atoms with E-state index in [1.807, 2.05) is 46.2 Å². The lowest BCUT2D eigenvalue weighted by molar-refractivity contribution is -0.116. The number of amides is 2. The van der Waals surface area contributed by atoms with Crippen LogP contribution in [0.5, 0.6) is 0 Å². The zero-order chi connectivity index (χ0) is 26.5. The van der Waals surface area contributed by atoms with Gasteiger partial charge in [0.15, 0.2) is 0 Å². The van der Waals surface area contributed by atoms with Crippen molar-refractivity contribution in [2.24, 2.45) is 5.92 Å². The molecule has 2 heterocycles. The molecule has 2 aromatic carbocycles. The van der Waals surface area contributed by atoms with Gasteiger partial charge in [-0.3, -0.25) is 9.59 Å². The second-order valence-electron chi connectivity index (χ2n) is 11.2. The van der Waals surface area contributed by atoms with Gasteiger partial charge in [-0.2, -0.15) is 0 Å². The quantitative estimate of drug-likeness (QED) is 0.371. The summed E-state index contributed by atoms with van der Waals surface area (Å²) in [6, 6.07) is 13.8. The fourth-order valence-corrected chi connectivity index (χ4v) is 6.55. The average Bonchev–Trinajstić information content (AvgIpc) is 3.37. The van der Waals surface area contributed by atoms with Crippen LogP contribution in [0.25, 0.3) is 6.08 Å². The molecule has 1 saturated heterocycles. The zero-order valence-corrected chi connectivity index (χ0v) is 23.3. The molecule has 5 nitrogen and oxygen atoms in total. The number of fused-ring (bicyclic) bond motifs is 1. The Hall–Kier alpha value is -2.63. The van der Waals surface area contributed by atoms with Gasteiger partial charge < -0.3 is 14.7 Å². The number of carbonyl (C=O) groups excluding carboxylic acids is 2. The standard InChI is InChI=1S/C32H40ClN3O2/c1-24(37)35-22-16-27-10-13-30(23-31(27)35)36(32(38)14-9-26-7-11-28(33)12-8-26)29-17-20-34(21-18-29)19-15-25-5-3-2-4-6-25/h7-14,23,25,29H,2-6,15-22H2,1H3/b14-9+. The van der Waals surface area contributed by atoms with Crippen LogP contribution in [0.1, 0.15) is 69.4 Å². The molecular weight excluding hydrogens is 494 g/mol. The Morgan fingerprint density at radius 1 is 0.974 bits per heavy atom. The van der Waals surface area contributed by atoms with Crippen LogP contribution in [-0.4, -0.2) is 48.9 Å². The first-order valence-corrected chi connectivity index (χ1v) is 14.8. The SMILES string of the molecule is CC(=O)N1CCc2ccc(N(C(=O)/C=C/c3ccc(Cl)cc3)C3CCN(CCC4CCCCC4)CC3)cc21. The summed E-state index contributed by atoms with van der Waals surface area (Å²) in [6.07, 6.45) is 14.6. The maximum atomic E-state index is 13.7. The Kier molecular flexibility index (Phi) is 8.86. The molecule has 2 fully saturated rings. The lowest BCUT2D eigenvalue weighted by atomic mass is 9.87. The molecule has 2 aliphatic heterocycles. The van der Waals surface area contributed by atoms with Gasteiger partial charge >= 0.3 is 0 Å². The van der Waals surface area contributed by atoms with E-state index in [4.69, 9.17) is 11.6 Å². The van der Waals surface area contributed by atoms with E-state index in [2.05, 4.69) is 17.0 Å². The summed E-state index contributed by atoms with van der Waals surface area (Å²) in [7, 11) is 0. The van der Waals surface area contributed by atoms with Crippen LogP contribution in [0.3, 0.4) is 0 Å². The normalized spacial score (nSPS) is 19.2. The Morgan fingerprint density at radius 2 is 1.71 bits per heavy atom. The summed E-state index contributed by atoms with van der Waals surface area (Å²) in [5.41, 5.74) is 3.94. The first kappa shape index (κ1) is 27.0. The number of hydrogen-bond acceptors (Lipinski definition) is 3. The molecule has 0 unspecified atom stereocenters. The first-order chi connectivity index (χ1) is 18.5. The van der Waals surface area contributed by atoms with Crippen LogP contribution in [-0.2, 0) is 16.0 Å². The molecule has 6 heteroatoms. The van der Waals surface area contributed by atoms with Crippen molar-refractivity contribution in [2.45, 2.75) is 70.8 Å². The highest BCUT2D eigenvalue weighted by Gasteiger charge is 2.30. The van der Waals surface area contributed by atoms with E-state index in [0.29, 0.717) is 11.6 Å². The van der Waals surface area contributed by atoms with Gasteiger partial charge in [-0.25, -0.2) is 0 Å². The minimum Gasteiger partial charge on any atom is -0.312 e. The smallest absolute Gasteiger partial charge is 0.251 e. The third-order valence-electron chi connectivity index (χ3n) is 8.65. The van der Waals surface area contributed by atoms with Crippen molar-refractivity contribution in [1.29, 1.82) is 0 Å². The maximum absolute atomic E-state index is 13.7. The molecule has 5 rings (SSSR count). The Morgan fingerprint density at radius 3 is 2.42 bits per heavy atom. The van der Waals surface area contributed by atoms with E-state index in [9.17, 15) is 9.59 Å². The van der Waals surface area contributed by atoms with E-state index in [1.165, 1.54) is 50.6 Å². The van der Waals surface area contributed by atoms with Crippen molar-refractivity contribution < 1.29 is 9.59 Å². The Balaban J connectivity index is 1.32. The fourth-order valence-electron chi connectivity index (χ4n) is 6.43. The molecule has 0 bridgehead atoms. The highest BCUT2D eigenvalue weighted by molar-refractivity contribution is 6.30. The maximum Gasteiger partial charge on any atom is 0.251 e. The number of carbonyl (C=O) groups is 2. The van der Waals surface area contributed by atoms with Crippen molar-refractivity contribution in [1.82, 2.24) is 4.90 Å². The van der Waals surface area contributed by atoms with E-state index in [1.54, 1.807) is 13.0 Å². The second kappa shape index (κ2) is 12.5. The predicted octanol–water partition coefficient (Wildman–Crippen LogP) is 6.73. The highest BCUT2D eigenvalue weighted by atomic mass is 35.5. The number of nitrogens with zero attached hydrogens (tertiary/aromatic N) is 3. The molecule has 38 heavy (non-hydrogen) atoms. The molecule has 1 aliphatic carbocycles. The van der Waals surface area contributed by atoms with Crippen LogP contribution in [0, 0.1) is 5.92 Å². The predicted molar refractivity (Wildman–Crippen MR) is 157 cm³/mol. The highest BCUT2D eigenvalue weighted by Crippen LogP contribution is 2.35. The number of halogens is 1. The Labute approximate surface area is 232 Å². The van der Waals surface area contributed by atoms with Gasteiger partial charge in [-0.15, -0.1) is 0 Å². The number of benzene rings is 2. The molecule has 0 aromatic heterocycles. The number of piperidine rings is 1. The van der Waals surface area contributed by atoms with Crippen LogP contribution >= 0.6 is 11.6 Å². The zero-order valence-electron chi connectivity index (χ0n) is 22.6. The molecule has 0 atom stereocenters. The van der Waals surface area contributed by atoms with Crippen LogP contribution < -0.4 is 9.80 Å². The summed E-state index contributed by atoms with van der Waals surface area (Å²) in [4.78, 5) is 32.4. The average molecular weight is 534 g/mol. The monoisotopic (exact) mass is 533 g/mol. The third-order valence-corrected chi connectivity index (χ3v) is 8.90. The van der Waals surface area contributed by atoms with Crippen molar-refractivity contribution in [3.05, 3.63) is 64.7 Å². The molecule has 0 spiro atoms. The summed E-state index contributed by atoms with van der Waals surface area (Å²) in [5.74, 6) is 0.925. The van der Waals surface area contributed by atoms with Gasteiger partial charge in [0.1, 0.15) is 0 Å². The minimum atomic E-state index is -0.0204. The lowest BCUT2D eigenvalue weighted by Crippen LogP contribution is -2.47. The number of likely N-dealkylation sites (tertiary alicyclic amines) is 1. The number of rotatable bonds is 7. The van der Waals surface area contributed by atoms with E-state index >= 15 is 0 Å². The molecule has 0 radical (unpaired) electrons. The van der Waals surface area contributed by atoms with E-state index in [0.717, 1.165) is 55.2 Å². The molecule has 202 valence electrons. The van der Waals surface area contributed by atoms with Gasteiger partial charge in [0.2, 0.25) is 5.91 Å². The van der Waals surface area contributed by atoms with Crippen LogP contribution in [0.15, 0.2) is 48.5 Å². The van der Waals surface area contributed by atoms with Crippen LogP contribution in [0.2, 0.25) is 5.02 Å². The van der Waals surface area contributed by atoms with Crippen molar-refractivity contribution >= 4 is 40.9 Å². The second-order valence-corrected chi connectivity index (χ2v) is 11.6.